The molecular weight excluding hydrogens is 396 g/mol. The molecule has 3 rings (SSSR count). The van der Waals surface area contributed by atoms with Gasteiger partial charge in [0.15, 0.2) is 0 Å². The fraction of sp³-hybridized carbons (Fsp3) is 0.381. The van der Waals surface area contributed by atoms with Gasteiger partial charge < -0.3 is 14.6 Å². The Morgan fingerprint density at radius 2 is 1.57 bits per heavy atom. The molecule has 2 amide bonds. The maximum absolute atomic E-state index is 12.9. The van der Waals surface area contributed by atoms with Crippen LogP contribution in [-0.4, -0.2) is 31.4 Å². The summed E-state index contributed by atoms with van der Waals surface area (Å²) in [6.45, 7) is 7.85. The van der Waals surface area contributed by atoms with E-state index in [0.717, 1.165) is 22.5 Å². The second-order valence-electron chi connectivity index (χ2n) is 8.25. The minimum absolute atomic E-state index is 0.135. The zero-order valence-corrected chi connectivity index (χ0v) is 17.5. The molecule has 1 heterocycles. The number of halogens is 3. The van der Waals surface area contributed by atoms with Gasteiger partial charge in [0.05, 0.1) is 16.8 Å². The van der Waals surface area contributed by atoms with E-state index in [1.165, 1.54) is 19.2 Å². The third kappa shape index (κ3) is 4.47. The van der Waals surface area contributed by atoms with Gasteiger partial charge in [0.25, 0.3) is 0 Å². The van der Waals surface area contributed by atoms with Crippen molar-refractivity contribution in [2.45, 2.75) is 45.1 Å². The fourth-order valence-electron chi connectivity index (χ4n) is 2.92. The van der Waals surface area contributed by atoms with Gasteiger partial charge in [-0.05, 0) is 63.5 Å². The van der Waals surface area contributed by atoms with Crippen LogP contribution in [0.5, 0.6) is 0 Å². The zero-order valence-electron chi connectivity index (χ0n) is 17.5. The molecule has 9 heteroatoms. The van der Waals surface area contributed by atoms with Gasteiger partial charge in [-0.15, -0.1) is 0 Å². The molecule has 0 aliphatic carbocycles. The number of anilines is 2. The van der Waals surface area contributed by atoms with Crippen LogP contribution in [0.2, 0.25) is 0 Å². The first-order valence-electron chi connectivity index (χ1n) is 9.48. The molecule has 1 N–H and O–H groups in total. The highest BCUT2D eigenvalue weighted by Gasteiger charge is 2.51. The Hall–Kier alpha value is -2.52. The molecule has 30 heavy (non-hydrogen) atoms. The first-order chi connectivity index (χ1) is 13.8. The summed E-state index contributed by atoms with van der Waals surface area (Å²) in [4.78, 5) is 13.6. The summed E-state index contributed by atoms with van der Waals surface area (Å²) in [6.07, 6.45) is -4.48. The van der Waals surface area contributed by atoms with Crippen LogP contribution in [0, 0.1) is 0 Å². The Balaban J connectivity index is 1.68. The molecule has 0 radical (unpaired) electrons. The van der Waals surface area contributed by atoms with E-state index in [-0.39, 0.29) is 5.69 Å². The molecular formula is C21H24BF3N2O3. The number of nitrogens with zero attached hydrogens (tertiary/aromatic N) is 1. The molecule has 0 bridgehead atoms. The Morgan fingerprint density at radius 3 is 2.10 bits per heavy atom. The van der Waals surface area contributed by atoms with Crippen molar-refractivity contribution in [2.75, 3.05) is 17.3 Å². The van der Waals surface area contributed by atoms with E-state index in [2.05, 4.69) is 5.32 Å². The second kappa shape index (κ2) is 7.63. The minimum Gasteiger partial charge on any atom is -0.399 e. The van der Waals surface area contributed by atoms with Crippen LogP contribution >= 0.6 is 0 Å². The molecule has 2 aromatic rings. The molecule has 160 valence electrons. The van der Waals surface area contributed by atoms with Crippen LogP contribution in [-0.2, 0) is 15.5 Å². The normalized spacial score (nSPS) is 17.7. The van der Waals surface area contributed by atoms with Crippen LogP contribution in [0.4, 0.5) is 29.3 Å². The van der Waals surface area contributed by atoms with Gasteiger partial charge in [0.1, 0.15) is 0 Å². The molecule has 1 fully saturated rings. The van der Waals surface area contributed by atoms with Crippen molar-refractivity contribution in [3.8, 4) is 0 Å². The number of carbonyl (C=O) groups excluding carboxylic acids is 1. The minimum atomic E-state index is -4.48. The van der Waals surface area contributed by atoms with Crippen molar-refractivity contribution in [3.05, 3.63) is 54.1 Å². The van der Waals surface area contributed by atoms with Crippen LogP contribution in [0.3, 0.4) is 0 Å². The van der Waals surface area contributed by atoms with Crippen molar-refractivity contribution in [1.29, 1.82) is 0 Å². The molecule has 0 aromatic heterocycles. The number of amides is 2. The summed E-state index contributed by atoms with van der Waals surface area (Å²) in [5.74, 6) is 0. The van der Waals surface area contributed by atoms with Crippen LogP contribution < -0.4 is 15.7 Å². The Kier molecular flexibility index (Phi) is 5.64. The zero-order chi connectivity index (χ0) is 22.3. The van der Waals surface area contributed by atoms with Gasteiger partial charge in [0.2, 0.25) is 0 Å². The predicted octanol–water partition coefficient (Wildman–Crippen LogP) is 4.67. The highest BCUT2D eigenvalue weighted by Crippen LogP contribution is 2.36. The van der Waals surface area contributed by atoms with Gasteiger partial charge in [-0.3, -0.25) is 4.90 Å². The topological polar surface area (TPSA) is 50.8 Å². The summed E-state index contributed by atoms with van der Waals surface area (Å²) < 4.78 is 50.7. The lowest BCUT2D eigenvalue weighted by Gasteiger charge is -2.32. The van der Waals surface area contributed by atoms with E-state index in [1.807, 2.05) is 27.7 Å². The van der Waals surface area contributed by atoms with Crippen LogP contribution in [0.15, 0.2) is 48.5 Å². The predicted molar refractivity (Wildman–Crippen MR) is 111 cm³/mol. The van der Waals surface area contributed by atoms with Gasteiger partial charge in [0, 0.05) is 18.4 Å². The highest BCUT2D eigenvalue weighted by molar-refractivity contribution is 6.62. The number of alkyl halides is 3. The SMILES string of the molecule is CN(C(=O)Nc1ccc(B2OC(C)(C)C(C)(C)O2)cc1)c1cccc(C(F)(F)F)c1. The lowest BCUT2D eigenvalue weighted by Crippen LogP contribution is -2.41. The first-order valence-corrected chi connectivity index (χ1v) is 9.48. The first kappa shape index (κ1) is 22.2. The van der Waals surface area contributed by atoms with Crippen LogP contribution in [0.25, 0.3) is 0 Å². The molecule has 0 saturated carbocycles. The largest absolute Gasteiger partial charge is 0.494 e. The summed E-state index contributed by atoms with van der Waals surface area (Å²) in [6, 6.07) is 11.0. The summed E-state index contributed by atoms with van der Waals surface area (Å²) in [5, 5.41) is 2.67. The maximum Gasteiger partial charge on any atom is 0.494 e. The number of hydrogen-bond acceptors (Lipinski definition) is 3. The van der Waals surface area contributed by atoms with Crippen molar-refractivity contribution >= 4 is 30.0 Å². The smallest absolute Gasteiger partial charge is 0.399 e. The van der Waals surface area contributed by atoms with Crippen LogP contribution in [0.1, 0.15) is 33.3 Å². The quantitative estimate of drug-likeness (QED) is 0.735. The molecule has 1 aliphatic rings. The molecule has 0 spiro atoms. The monoisotopic (exact) mass is 420 g/mol. The summed E-state index contributed by atoms with van der Waals surface area (Å²) in [5.41, 5.74) is -0.296. The van der Waals surface area contributed by atoms with Crippen molar-refractivity contribution in [2.24, 2.45) is 0 Å². The van der Waals surface area contributed by atoms with E-state index in [9.17, 15) is 18.0 Å². The Labute approximate surface area is 174 Å². The number of nitrogens with one attached hydrogen (secondary N) is 1. The number of hydrogen-bond donors (Lipinski definition) is 1. The van der Waals surface area contributed by atoms with Gasteiger partial charge in [-0.2, -0.15) is 13.2 Å². The van der Waals surface area contributed by atoms with E-state index in [1.54, 1.807) is 24.3 Å². The van der Waals surface area contributed by atoms with Gasteiger partial charge >= 0.3 is 19.3 Å². The average Bonchev–Trinajstić information content (AvgIpc) is 2.88. The maximum atomic E-state index is 12.9. The van der Waals surface area contributed by atoms with Crippen molar-refractivity contribution in [3.63, 3.8) is 0 Å². The van der Waals surface area contributed by atoms with Crippen molar-refractivity contribution < 1.29 is 27.3 Å². The second-order valence-corrected chi connectivity index (χ2v) is 8.25. The standard InChI is InChI=1S/C21H24BF3N2O3/c1-19(2)20(3,4)30-22(29-19)15-9-11-16(12-10-15)26-18(28)27(5)17-8-6-7-14(13-17)21(23,24)25/h6-13H,1-5H3,(H,26,28). The molecule has 1 aliphatic heterocycles. The lowest BCUT2D eigenvalue weighted by atomic mass is 9.79. The Bertz CT molecular complexity index is 914. The van der Waals surface area contributed by atoms with Gasteiger partial charge in [-0.25, -0.2) is 4.79 Å². The lowest BCUT2D eigenvalue weighted by molar-refractivity contribution is -0.137. The molecule has 1 saturated heterocycles. The molecule has 5 nitrogen and oxygen atoms in total. The molecule has 0 atom stereocenters. The highest BCUT2D eigenvalue weighted by atomic mass is 19.4. The van der Waals surface area contributed by atoms with E-state index >= 15 is 0 Å². The third-order valence-electron chi connectivity index (χ3n) is 5.55. The number of rotatable bonds is 3. The fourth-order valence-corrected chi connectivity index (χ4v) is 2.92. The molecule has 0 unspecified atom stereocenters. The Morgan fingerprint density at radius 1 is 1.00 bits per heavy atom. The van der Waals surface area contributed by atoms with Crippen molar-refractivity contribution in [1.82, 2.24) is 0 Å². The summed E-state index contributed by atoms with van der Waals surface area (Å²) >= 11 is 0. The third-order valence-corrected chi connectivity index (χ3v) is 5.55. The number of carbonyl (C=O) groups is 1. The van der Waals surface area contributed by atoms with E-state index in [4.69, 9.17) is 9.31 Å². The van der Waals surface area contributed by atoms with E-state index < -0.39 is 36.1 Å². The summed E-state index contributed by atoms with van der Waals surface area (Å²) in [7, 11) is 0.886. The number of benzene rings is 2. The van der Waals surface area contributed by atoms with E-state index in [0.29, 0.717) is 5.69 Å². The van der Waals surface area contributed by atoms with Gasteiger partial charge in [-0.1, -0.05) is 18.2 Å². The molecule has 2 aromatic carbocycles. The average molecular weight is 420 g/mol. The number of urea groups is 1.